The first-order valence-corrected chi connectivity index (χ1v) is 11.0. The van der Waals surface area contributed by atoms with E-state index in [1.54, 1.807) is 13.8 Å². The zero-order valence-corrected chi connectivity index (χ0v) is 18.4. The molecule has 0 unspecified atom stereocenters. The molecule has 0 saturated carbocycles. The second-order valence-electron chi connectivity index (χ2n) is 6.40. The van der Waals surface area contributed by atoms with Gasteiger partial charge in [0.05, 0.1) is 11.5 Å². The molecular formula is C21H22F2N2O6S. The molecule has 32 heavy (non-hydrogen) atoms. The Morgan fingerprint density at radius 1 is 1.06 bits per heavy atom. The van der Waals surface area contributed by atoms with Crippen LogP contribution in [0.2, 0.25) is 0 Å². The van der Waals surface area contributed by atoms with Crippen molar-refractivity contribution in [3.05, 3.63) is 59.2 Å². The Bertz CT molecular complexity index is 1110. The monoisotopic (exact) mass is 468 g/mol. The lowest BCUT2D eigenvalue weighted by atomic mass is 10.1. The lowest BCUT2D eigenvalue weighted by Gasteiger charge is -2.11. The van der Waals surface area contributed by atoms with Crippen molar-refractivity contribution in [2.45, 2.75) is 25.7 Å². The molecule has 0 aliphatic carbocycles. The number of halogens is 2. The molecule has 0 aliphatic heterocycles. The van der Waals surface area contributed by atoms with Crippen molar-refractivity contribution < 1.29 is 36.3 Å². The fourth-order valence-corrected chi connectivity index (χ4v) is 3.42. The molecule has 172 valence electrons. The number of benzene rings is 2. The summed E-state index contributed by atoms with van der Waals surface area (Å²) < 4.78 is 65.0. The molecule has 0 aromatic heterocycles. The maximum absolute atomic E-state index is 14.4. The molecule has 0 atom stereocenters. The number of hydrogen-bond acceptors (Lipinski definition) is 6. The summed E-state index contributed by atoms with van der Waals surface area (Å²) >= 11 is 0. The number of carbonyl (C=O) groups is 2. The highest BCUT2D eigenvalue weighted by atomic mass is 32.2. The van der Waals surface area contributed by atoms with Crippen molar-refractivity contribution in [2.24, 2.45) is 0 Å². The highest BCUT2D eigenvalue weighted by Crippen LogP contribution is 2.30. The molecule has 0 aliphatic rings. The smallest absolute Gasteiger partial charge is 0.333 e. The third kappa shape index (κ3) is 6.51. The molecule has 0 radical (unpaired) electrons. The number of nitrogens with one attached hydrogen (secondary N) is 2. The fraction of sp³-hybridized carbons (Fsp3) is 0.238. The van der Waals surface area contributed by atoms with Crippen molar-refractivity contribution in [3.63, 3.8) is 0 Å². The molecule has 0 spiro atoms. The van der Waals surface area contributed by atoms with Crippen molar-refractivity contribution in [1.82, 2.24) is 10.0 Å². The molecule has 0 fully saturated rings. The van der Waals surface area contributed by atoms with Crippen LogP contribution in [0.5, 0.6) is 11.5 Å². The van der Waals surface area contributed by atoms with Gasteiger partial charge in [0.2, 0.25) is 0 Å². The summed E-state index contributed by atoms with van der Waals surface area (Å²) in [5.41, 5.74) is 0.258. The molecule has 2 aromatic rings. The largest absolute Gasteiger partial charge is 0.463 e. The minimum Gasteiger partial charge on any atom is -0.463 e. The van der Waals surface area contributed by atoms with Crippen LogP contribution in [0.25, 0.3) is 6.08 Å². The molecule has 11 heteroatoms. The third-order valence-electron chi connectivity index (χ3n) is 3.92. The number of esters is 1. The average molecular weight is 468 g/mol. The van der Waals surface area contributed by atoms with E-state index in [0.717, 1.165) is 24.3 Å². The van der Waals surface area contributed by atoms with Gasteiger partial charge >= 0.3 is 12.0 Å². The molecule has 8 nitrogen and oxygen atoms in total. The van der Waals surface area contributed by atoms with Crippen LogP contribution in [0.1, 0.15) is 26.3 Å². The van der Waals surface area contributed by atoms with Crippen LogP contribution in [-0.2, 0) is 19.6 Å². The maximum Gasteiger partial charge on any atom is 0.333 e. The van der Waals surface area contributed by atoms with E-state index in [-0.39, 0.29) is 34.9 Å². The quantitative estimate of drug-likeness (QED) is 0.451. The van der Waals surface area contributed by atoms with Gasteiger partial charge in [-0.05, 0) is 68.8 Å². The second kappa shape index (κ2) is 10.7. The van der Waals surface area contributed by atoms with Gasteiger partial charge in [-0.3, -0.25) is 0 Å². The first kappa shape index (κ1) is 24.8. The topological polar surface area (TPSA) is 111 Å². The Labute approximate surface area is 184 Å². The van der Waals surface area contributed by atoms with E-state index in [1.807, 2.05) is 4.72 Å². The van der Waals surface area contributed by atoms with E-state index in [4.69, 9.17) is 9.47 Å². The fourth-order valence-electron chi connectivity index (χ4n) is 2.50. The predicted molar refractivity (Wildman–Crippen MR) is 113 cm³/mol. The number of amides is 2. The van der Waals surface area contributed by atoms with Gasteiger partial charge in [0.25, 0.3) is 10.0 Å². The summed E-state index contributed by atoms with van der Waals surface area (Å²) in [4.78, 5) is 22.8. The minimum atomic E-state index is -4.13. The number of rotatable bonds is 8. The Hall–Kier alpha value is -3.47. The van der Waals surface area contributed by atoms with Crippen LogP contribution in [0.4, 0.5) is 13.6 Å². The summed E-state index contributed by atoms with van der Waals surface area (Å²) in [5.74, 6) is -3.40. The lowest BCUT2D eigenvalue weighted by Crippen LogP contribution is -2.39. The summed E-state index contributed by atoms with van der Waals surface area (Å²) in [6.07, 6.45) is 1.27. The average Bonchev–Trinajstić information content (AvgIpc) is 2.71. The van der Waals surface area contributed by atoms with Gasteiger partial charge in [-0.1, -0.05) is 0 Å². The number of hydrogen-bond donors (Lipinski definition) is 2. The molecule has 2 amide bonds. The molecule has 0 bridgehead atoms. The summed E-state index contributed by atoms with van der Waals surface area (Å²) in [6, 6.07) is 5.68. The van der Waals surface area contributed by atoms with Gasteiger partial charge in [0.15, 0.2) is 17.4 Å². The van der Waals surface area contributed by atoms with Crippen LogP contribution in [-0.4, -0.2) is 33.6 Å². The molecule has 0 saturated heterocycles. The van der Waals surface area contributed by atoms with Gasteiger partial charge in [-0.2, -0.15) is 0 Å². The van der Waals surface area contributed by atoms with Crippen LogP contribution >= 0.6 is 0 Å². The van der Waals surface area contributed by atoms with Gasteiger partial charge in [-0.15, -0.1) is 0 Å². The summed E-state index contributed by atoms with van der Waals surface area (Å²) in [5, 5.41) is 2.29. The molecule has 2 N–H and O–H groups in total. The van der Waals surface area contributed by atoms with E-state index < -0.39 is 39.4 Å². The first-order valence-electron chi connectivity index (χ1n) is 9.50. The first-order chi connectivity index (χ1) is 15.1. The van der Waals surface area contributed by atoms with Gasteiger partial charge in [0.1, 0.15) is 5.75 Å². The van der Waals surface area contributed by atoms with Crippen molar-refractivity contribution in [2.75, 3.05) is 13.2 Å². The maximum atomic E-state index is 14.4. The summed E-state index contributed by atoms with van der Waals surface area (Å²) in [7, 11) is -4.13. The van der Waals surface area contributed by atoms with Crippen molar-refractivity contribution in [1.29, 1.82) is 0 Å². The lowest BCUT2D eigenvalue weighted by molar-refractivity contribution is -0.138. The van der Waals surface area contributed by atoms with Crippen LogP contribution in [0.15, 0.2) is 46.9 Å². The van der Waals surface area contributed by atoms with Crippen LogP contribution in [0.3, 0.4) is 0 Å². The second-order valence-corrected chi connectivity index (χ2v) is 8.08. The normalized spacial score (nSPS) is 11.6. The number of urea groups is 1. The van der Waals surface area contributed by atoms with Gasteiger partial charge in [-0.25, -0.2) is 31.5 Å². The van der Waals surface area contributed by atoms with Crippen molar-refractivity contribution in [3.8, 4) is 11.5 Å². The summed E-state index contributed by atoms with van der Waals surface area (Å²) in [6.45, 7) is 5.12. The Morgan fingerprint density at radius 3 is 2.19 bits per heavy atom. The van der Waals surface area contributed by atoms with E-state index in [1.165, 1.54) is 25.1 Å². The SMILES string of the molecule is CCNC(=O)NS(=O)(=O)c1ccc(Oc2c(F)cc(C=C(C)C(=O)OCC)cc2F)cc1. The molecule has 0 heterocycles. The Kier molecular flexibility index (Phi) is 8.30. The number of carbonyl (C=O) groups excluding carboxylic acids is 2. The van der Waals surface area contributed by atoms with E-state index in [0.29, 0.717) is 0 Å². The molecule has 2 rings (SSSR count). The van der Waals surface area contributed by atoms with E-state index >= 15 is 0 Å². The number of ether oxygens (including phenoxy) is 2. The highest BCUT2D eigenvalue weighted by molar-refractivity contribution is 7.90. The van der Waals surface area contributed by atoms with Gasteiger partial charge < -0.3 is 14.8 Å². The van der Waals surface area contributed by atoms with E-state index in [2.05, 4.69) is 5.32 Å². The zero-order chi connectivity index (χ0) is 23.9. The molecular weight excluding hydrogens is 446 g/mol. The van der Waals surface area contributed by atoms with Crippen LogP contribution in [0, 0.1) is 11.6 Å². The minimum absolute atomic E-state index is 0.0363. The molecule has 2 aromatic carbocycles. The third-order valence-corrected chi connectivity index (χ3v) is 5.27. The predicted octanol–water partition coefficient (Wildman–Crippen LogP) is 3.73. The zero-order valence-electron chi connectivity index (χ0n) is 17.6. The Morgan fingerprint density at radius 2 is 1.66 bits per heavy atom. The highest BCUT2D eigenvalue weighted by Gasteiger charge is 2.18. The standard InChI is InChI=1S/C21H22F2N2O6S/c1-4-24-21(27)25-32(28,29)16-8-6-15(7-9-16)31-19-17(22)11-14(12-18(19)23)10-13(3)20(26)30-5-2/h6-12H,4-5H2,1-3H3,(H2,24,25,27). The number of sulfonamides is 1. The van der Waals surface area contributed by atoms with Gasteiger partial charge in [0, 0.05) is 12.1 Å². The van der Waals surface area contributed by atoms with Crippen LogP contribution < -0.4 is 14.8 Å². The van der Waals surface area contributed by atoms with E-state index in [9.17, 15) is 26.8 Å². The van der Waals surface area contributed by atoms with Crippen molar-refractivity contribution >= 4 is 28.1 Å². The Balaban J connectivity index is 2.20.